The molecule has 1 aliphatic carbocycles. The average molecular weight is 374 g/mol. The van der Waals surface area contributed by atoms with Crippen molar-refractivity contribution in [1.29, 1.82) is 0 Å². The van der Waals surface area contributed by atoms with Crippen molar-refractivity contribution in [2.24, 2.45) is 0 Å². The van der Waals surface area contributed by atoms with Gasteiger partial charge in [0.05, 0.1) is 17.2 Å². The van der Waals surface area contributed by atoms with Gasteiger partial charge in [0.2, 0.25) is 0 Å². The highest BCUT2D eigenvalue weighted by atomic mass is 35.5. The lowest BCUT2D eigenvalue weighted by atomic mass is 9.65. The van der Waals surface area contributed by atoms with Gasteiger partial charge in [-0.05, 0) is 42.2 Å². The summed E-state index contributed by atoms with van der Waals surface area (Å²) in [5.74, 6) is -1.42. The fraction of sp³-hybridized carbons (Fsp3) is 0.250. The molecule has 3 aromatic rings. The van der Waals surface area contributed by atoms with Gasteiger partial charge < -0.3 is 15.2 Å². The zero-order valence-corrected chi connectivity index (χ0v) is 14.6. The van der Waals surface area contributed by atoms with Gasteiger partial charge >= 0.3 is 5.97 Å². The minimum absolute atomic E-state index is 0.0682. The molecule has 0 aliphatic heterocycles. The summed E-state index contributed by atoms with van der Waals surface area (Å²) in [6, 6.07) is 8.19. The molecule has 0 radical (unpaired) electrons. The zero-order chi connectivity index (χ0) is 18.5. The van der Waals surface area contributed by atoms with E-state index in [2.05, 4.69) is 4.98 Å². The highest BCUT2D eigenvalue weighted by Gasteiger charge is 2.40. The topological polar surface area (TPSA) is 73.3 Å². The van der Waals surface area contributed by atoms with Crippen LogP contribution in [-0.2, 0) is 5.41 Å². The SMILES string of the molecule is O=C(O)c1c[nH]c2cc(Cl)c(-c3ccc(C4(CO)CCC4)c(F)c3)cc12. The van der Waals surface area contributed by atoms with Crippen molar-refractivity contribution in [2.75, 3.05) is 6.61 Å². The summed E-state index contributed by atoms with van der Waals surface area (Å²) >= 11 is 6.34. The predicted octanol–water partition coefficient (Wildman–Crippen LogP) is 4.74. The van der Waals surface area contributed by atoms with Crippen LogP contribution >= 0.6 is 11.6 Å². The molecule has 0 saturated heterocycles. The number of aromatic amines is 1. The van der Waals surface area contributed by atoms with Crippen LogP contribution in [0, 0.1) is 5.82 Å². The number of nitrogens with one attached hydrogen (secondary N) is 1. The summed E-state index contributed by atoms with van der Waals surface area (Å²) in [7, 11) is 0. The Hall–Kier alpha value is -2.37. The number of H-pyrrole nitrogens is 1. The summed E-state index contributed by atoms with van der Waals surface area (Å²) in [5, 5.41) is 19.9. The van der Waals surface area contributed by atoms with Crippen LogP contribution in [0.3, 0.4) is 0 Å². The first kappa shape index (κ1) is 17.1. The lowest BCUT2D eigenvalue weighted by Gasteiger charge is -2.41. The fourth-order valence-corrected chi connectivity index (χ4v) is 4.04. The number of benzene rings is 2. The Morgan fingerprint density at radius 2 is 2.04 bits per heavy atom. The molecule has 0 unspecified atom stereocenters. The molecule has 1 saturated carbocycles. The number of aliphatic hydroxyl groups is 1. The van der Waals surface area contributed by atoms with Crippen LogP contribution in [0.5, 0.6) is 0 Å². The van der Waals surface area contributed by atoms with Crippen molar-refractivity contribution >= 4 is 28.5 Å². The van der Waals surface area contributed by atoms with Crippen molar-refractivity contribution in [2.45, 2.75) is 24.7 Å². The van der Waals surface area contributed by atoms with E-state index in [-0.39, 0.29) is 18.0 Å². The van der Waals surface area contributed by atoms with E-state index in [4.69, 9.17) is 11.6 Å². The van der Waals surface area contributed by atoms with Gasteiger partial charge in [-0.15, -0.1) is 0 Å². The molecular formula is C20H17ClFNO3. The second kappa shape index (κ2) is 6.11. The maximum Gasteiger partial charge on any atom is 0.337 e. The number of fused-ring (bicyclic) bond motifs is 1. The van der Waals surface area contributed by atoms with Gasteiger partial charge in [-0.1, -0.05) is 30.2 Å². The van der Waals surface area contributed by atoms with Crippen molar-refractivity contribution in [3.05, 3.63) is 58.5 Å². The first-order chi connectivity index (χ1) is 12.4. The van der Waals surface area contributed by atoms with Gasteiger partial charge in [-0.25, -0.2) is 9.18 Å². The number of carboxylic acid groups (broad SMARTS) is 1. The molecule has 1 heterocycles. The predicted molar refractivity (Wildman–Crippen MR) is 98.3 cm³/mol. The molecular weight excluding hydrogens is 357 g/mol. The number of halogens is 2. The second-order valence-electron chi connectivity index (χ2n) is 6.87. The highest BCUT2D eigenvalue weighted by Crippen LogP contribution is 2.45. The van der Waals surface area contributed by atoms with Crippen LogP contribution in [0.1, 0.15) is 35.2 Å². The van der Waals surface area contributed by atoms with E-state index in [1.54, 1.807) is 24.3 Å². The summed E-state index contributed by atoms with van der Waals surface area (Å²) in [6.07, 6.45) is 3.95. The third-order valence-electron chi connectivity index (χ3n) is 5.46. The van der Waals surface area contributed by atoms with Crippen molar-refractivity contribution < 1.29 is 19.4 Å². The maximum atomic E-state index is 14.8. The highest BCUT2D eigenvalue weighted by molar-refractivity contribution is 6.34. The van der Waals surface area contributed by atoms with Crippen molar-refractivity contribution in [3.8, 4) is 11.1 Å². The molecule has 0 amide bonds. The number of hydrogen-bond acceptors (Lipinski definition) is 2. The van der Waals surface area contributed by atoms with Crippen molar-refractivity contribution in [1.82, 2.24) is 4.98 Å². The summed E-state index contributed by atoms with van der Waals surface area (Å²) in [4.78, 5) is 14.2. The smallest absolute Gasteiger partial charge is 0.337 e. The molecule has 4 nitrogen and oxygen atoms in total. The Labute approximate surface area is 154 Å². The van der Waals surface area contributed by atoms with Crippen LogP contribution in [-0.4, -0.2) is 27.8 Å². The lowest BCUT2D eigenvalue weighted by Crippen LogP contribution is -2.38. The van der Waals surface area contributed by atoms with Gasteiger partial charge in [-0.3, -0.25) is 0 Å². The largest absolute Gasteiger partial charge is 0.478 e. The number of carbonyl (C=O) groups is 1. The van der Waals surface area contributed by atoms with Crippen LogP contribution in [0.4, 0.5) is 4.39 Å². The van der Waals surface area contributed by atoms with Gasteiger partial charge in [-0.2, -0.15) is 0 Å². The molecule has 0 bridgehead atoms. The Balaban J connectivity index is 1.82. The fourth-order valence-electron chi connectivity index (χ4n) is 3.77. The average Bonchev–Trinajstić information content (AvgIpc) is 2.97. The molecule has 6 heteroatoms. The van der Waals surface area contributed by atoms with Crippen LogP contribution < -0.4 is 0 Å². The van der Waals surface area contributed by atoms with Crippen LogP contribution in [0.2, 0.25) is 5.02 Å². The number of aromatic carboxylic acids is 1. The standard InChI is InChI=1S/C20H17ClFNO3/c21-16-8-18-13(14(9-23-18)19(25)26)7-12(16)11-2-3-15(17(22)6-11)20(10-24)4-1-5-20/h2-3,6-9,23-24H,1,4-5,10H2,(H,25,26). The Kier molecular flexibility index (Phi) is 4.01. The number of carboxylic acids is 1. The molecule has 26 heavy (non-hydrogen) atoms. The number of aliphatic hydroxyl groups excluding tert-OH is 1. The maximum absolute atomic E-state index is 14.8. The van der Waals surface area contributed by atoms with Crippen LogP contribution in [0.25, 0.3) is 22.0 Å². The molecule has 0 spiro atoms. The van der Waals surface area contributed by atoms with E-state index in [1.165, 1.54) is 12.3 Å². The minimum Gasteiger partial charge on any atom is -0.478 e. The molecule has 134 valence electrons. The van der Waals surface area contributed by atoms with Gasteiger partial charge in [0.25, 0.3) is 0 Å². The first-order valence-corrected chi connectivity index (χ1v) is 8.78. The van der Waals surface area contributed by atoms with E-state index in [0.29, 0.717) is 32.6 Å². The molecule has 3 N–H and O–H groups in total. The Bertz CT molecular complexity index is 1020. The third-order valence-corrected chi connectivity index (χ3v) is 5.78. The number of aromatic nitrogens is 1. The van der Waals surface area contributed by atoms with Crippen molar-refractivity contribution in [3.63, 3.8) is 0 Å². The third kappa shape index (κ3) is 2.50. The summed E-state index contributed by atoms with van der Waals surface area (Å²) in [6.45, 7) is -0.0682. The normalized spacial score (nSPS) is 15.8. The van der Waals surface area contributed by atoms with E-state index < -0.39 is 11.4 Å². The van der Waals surface area contributed by atoms with E-state index in [1.807, 2.05) is 0 Å². The quantitative estimate of drug-likeness (QED) is 0.618. The monoisotopic (exact) mass is 373 g/mol. The molecule has 1 aliphatic rings. The number of hydrogen-bond donors (Lipinski definition) is 3. The second-order valence-corrected chi connectivity index (χ2v) is 7.28. The number of rotatable bonds is 4. The zero-order valence-electron chi connectivity index (χ0n) is 13.9. The Morgan fingerprint density at radius 1 is 1.27 bits per heavy atom. The Morgan fingerprint density at radius 3 is 2.62 bits per heavy atom. The van der Waals surface area contributed by atoms with E-state index in [9.17, 15) is 19.4 Å². The lowest BCUT2D eigenvalue weighted by molar-refractivity contribution is 0.0699. The summed E-state index contributed by atoms with van der Waals surface area (Å²) < 4.78 is 14.8. The summed E-state index contributed by atoms with van der Waals surface area (Å²) in [5.41, 5.74) is 1.94. The molecule has 4 rings (SSSR count). The van der Waals surface area contributed by atoms with E-state index in [0.717, 1.165) is 19.3 Å². The van der Waals surface area contributed by atoms with Gasteiger partial charge in [0.15, 0.2) is 0 Å². The molecule has 1 aromatic heterocycles. The van der Waals surface area contributed by atoms with Crippen LogP contribution in [0.15, 0.2) is 36.5 Å². The van der Waals surface area contributed by atoms with Gasteiger partial charge in [0.1, 0.15) is 5.82 Å². The first-order valence-electron chi connectivity index (χ1n) is 8.40. The van der Waals surface area contributed by atoms with E-state index >= 15 is 0 Å². The molecule has 0 atom stereocenters. The molecule has 2 aromatic carbocycles. The van der Waals surface area contributed by atoms with Gasteiger partial charge in [0, 0.05) is 28.1 Å². The molecule has 1 fully saturated rings. The minimum atomic E-state index is -1.04.